The van der Waals surface area contributed by atoms with Crippen LogP contribution in [0.5, 0.6) is 0 Å². The Morgan fingerprint density at radius 1 is 1.17 bits per heavy atom. The Labute approximate surface area is 176 Å². The lowest BCUT2D eigenvalue weighted by Crippen LogP contribution is -2.54. The Morgan fingerprint density at radius 2 is 1.86 bits per heavy atom. The molecule has 2 N–H and O–H groups in total. The first kappa shape index (κ1) is 23.2. The van der Waals surface area contributed by atoms with Gasteiger partial charge in [-0.3, -0.25) is 9.59 Å². The highest BCUT2D eigenvalue weighted by Crippen LogP contribution is 2.24. The summed E-state index contributed by atoms with van der Waals surface area (Å²) in [4.78, 5) is 36.9. The number of thioether (sulfide) groups is 1. The summed E-state index contributed by atoms with van der Waals surface area (Å²) in [6.07, 6.45) is -1.03. The maximum absolute atomic E-state index is 12.8. The van der Waals surface area contributed by atoms with Crippen molar-refractivity contribution in [1.29, 1.82) is 0 Å². The lowest BCUT2D eigenvalue weighted by molar-refractivity contribution is -0.144. The van der Waals surface area contributed by atoms with E-state index in [1.54, 1.807) is 18.7 Å². The van der Waals surface area contributed by atoms with E-state index in [1.807, 2.05) is 51.1 Å². The summed E-state index contributed by atoms with van der Waals surface area (Å²) < 4.78 is 10.0. The summed E-state index contributed by atoms with van der Waals surface area (Å²) >= 11 is 1.56. The maximum atomic E-state index is 12.8. The van der Waals surface area contributed by atoms with Crippen LogP contribution in [0, 0.1) is 0 Å². The Hall–Kier alpha value is -2.06. The lowest BCUT2D eigenvalue weighted by atomic mass is 10.0. The molecule has 8 heteroatoms. The van der Waals surface area contributed by atoms with Crippen LogP contribution in [-0.2, 0) is 29.6 Å². The van der Waals surface area contributed by atoms with Gasteiger partial charge in [0, 0.05) is 17.0 Å². The Balaban J connectivity index is 1.95. The smallest absolute Gasteiger partial charge is 0.338 e. The molecule has 0 bridgehead atoms. The number of esters is 1. The maximum Gasteiger partial charge on any atom is 0.338 e. The van der Waals surface area contributed by atoms with Gasteiger partial charge in [-0.1, -0.05) is 37.3 Å². The SMILES string of the molecule is CCOC(=O)[C@H]1O[C@@H]1C(=O)N[C@@H](CSCc1ccccc1)C(=O)NC(C)(C)CC. The van der Waals surface area contributed by atoms with Crippen LogP contribution in [-0.4, -0.2) is 53.9 Å². The number of nitrogens with one attached hydrogen (secondary N) is 2. The third-order valence-corrected chi connectivity index (χ3v) is 5.75. The van der Waals surface area contributed by atoms with Gasteiger partial charge in [0.05, 0.1) is 6.61 Å². The minimum atomic E-state index is -0.900. The van der Waals surface area contributed by atoms with Gasteiger partial charge < -0.3 is 20.1 Å². The first-order chi connectivity index (χ1) is 13.8. The number of hydrogen-bond acceptors (Lipinski definition) is 6. The second-order valence-corrected chi connectivity index (χ2v) is 8.55. The highest BCUT2D eigenvalue weighted by atomic mass is 32.2. The highest BCUT2D eigenvalue weighted by Gasteiger charge is 2.52. The zero-order chi connectivity index (χ0) is 21.4. The minimum absolute atomic E-state index is 0.223. The summed E-state index contributed by atoms with van der Waals surface area (Å²) in [6.45, 7) is 7.76. The standard InChI is InChI=1S/C21H30N2O5S/c1-5-21(3,4)23-18(24)15(13-29-12-14-10-8-7-9-11-14)22-19(25)16-17(28-16)20(26)27-6-2/h7-11,15-17H,5-6,12-13H2,1-4H3,(H,22,25)(H,23,24)/t15-,16-,17-/m0/s1. The van der Waals surface area contributed by atoms with Crippen molar-refractivity contribution in [3.63, 3.8) is 0 Å². The van der Waals surface area contributed by atoms with Crippen molar-refractivity contribution in [3.05, 3.63) is 35.9 Å². The second-order valence-electron chi connectivity index (χ2n) is 7.52. The average Bonchev–Trinajstić information content (AvgIpc) is 3.49. The van der Waals surface area contributed by atoms with Crippen LogP contribution in [0.3, 0.4) is 0 Å². The van der Waals surface area contributed by atoms with Crippen LogP contribution < -0.4 is 10.6 Å². The van der Waals surface area contributed by atoms with Crippen LogP contribution in [0.4, 0.5) is 0 Å². The van der Waals surface area contributed by atoms with Crippen LogP contribution in [0.2, 0.25) is 0 Å². The van der Waals surface area contributed by atoms with Gasteiger partial charge in [-0.2, -0.15) is 11.8 Å². The molecule has 1 fully saturated rings. The molecule has 0 radical (unpaired) electrons. The second kappa shape index (κ2) is 10.6. The molecule has 0 aliphatic carbocycles. The molecule has 1 aliphatic rings. The van der Waals surface area contributed by atoms with Gasteiger partial charge >= 0.3 is 5.97 Å². The lowest BCUT2D eigenvalue weighted by Gasteiger charge is -2.28. The van der Waals surface area contributed by atoms with Gasteiger partial charge in [0.15, 0.2) is 12.2 Å². The third-order valence-electron chi connectivity index (χ3n) is 4.64. The summed E-state index contributed by atoms with van der Waals surface area (Å²) in [6, 6.07) is 9.18. The molecule has 2 amide bonds. The van der Waals surface area contributed by atoms with E-state index in [4.69, 9.17) is 9.47 Å². The number of epoxide rings is 1. The minimum Gasteiger partial charge on any atom is -0.464 e. The van der Waals surface area contributed by atoms with Gasteiger partial charge in [0.1, 0.15) is 6.04 Å². The molecule has 1 heterocycles. The largest absolute Gasteiger partial charge is 0.464 e. The highest BCUT2D eigenvalue weighted by molar-refractivity contribution is 7.98. The van der Waals surface area contributed by atoms with Crippen LogP contribution in [0.1, 0.15) is 39.7 Å². The number of amides is 2. The van der Waals surface area contributed by atoms with Gasteiger partial charge in [-0.25, -0.2) is 4.79 Å². The molecule has 1 saturated heterocycles. The van der Waals surface area contributed by atoms with Gasteiger partial charge in [0.25, 0.3) is 5.91 Å². The monoisotopic (exact) mass is 422 g/mol. The van der Waals surface area contributed by atoms with Crippen LogP contribution in [0.25, 0.3) is 0 Å². The molecule has 1 aromatic rings. The van der Waals surface area contributed by atoms with Crippen molar-refractivity contribution in [3.8, 4) is 0 Å². The van der Waals surface area contributed by atoms with Crippen molar-refractivity contribution >= 4 is 29.5 Å². The van der Waals surface area contributed by atoms with Crippen molar-refractivity contribution in [2.75, 3.05) is 12.4 Å². The van der Waals surface area contributed by atoms with Crippen LogP contribution in [0.15, 0.2) is 30.3 Å². The summed E-state index contributed by atoms with van der Waals surface area (Å²) in [7, 11) is 0. The number of benzene rings is 1. The summed E-state index contributed by atoms with van der Waals surface area (Å²) in [5, 5.41) is 5.71. The Morgan fingerprint density at radius 3 is 2.48 bits per heavy atom. The first-order valence-electron chi connectivity index (χ1n) is 9.83. The molecule has 29 heavy (non-hydrogen) atoms. The fourth-order valence-corrected chi connectivity index (χ4v) is 3.55. The average molecular weight is 423 g/mol. The molecule has 0 saturated carbocycles. The van der Waals surface area contributed by atoms with Gasteiger partial charge in [-0.15, -0.1) is 0 Å². The van der Waals surface area contributed by atoms with E-state index in [0.717, 1.165) is 17.7 Å². The number of carbonyl (C=O) groups is 3. The quantitative estimate of drug-likeness (QED) is 0.418. The van der Waals surface area contributed by atoms with Gasteiger partial charge in [0.2, 0.25) is 5.91 Å². The zero-order valence-corrected chi connectivity index (χ0v) is 18.2. The molecule has 0 spiro atoms. The van der Waals surface area contributed by atoms with E-state index in [9.17, 15) is 14.4 Å². The fourth-order valence-electron chi connectivity index (χ4n) is 2.53. The predicted octanol–water partition coefficient (Wildman–Crippen LogP) is 2.04. The van der Waals surface area contributed by atoms with E-state index in [2.05, 4.69) is 10.6 Å². The van der Waals surface area contributed by atoms with Crippen molar-refractivity contribution in [2.45, 2.75) is 63.7 Å². The summed E-state index contributed by atoms with van der Waals surface area (Å²) in [5.41, 5.74) is 0.762. The number of ether oxygens (including phenoxy) is 2. The normalized spacial score (nSPS) is 19.2. The van der Waals surface area contributed by atoms with E-state index in [1.165, 1.54) is 0 Å². The first-order valence-corrected chi connectivity index (χ1v) is 11.0. The molecule has 1 aliphatic heterocycles. The van der Waals surface area contributed by atoms with Crippen molar-refractivity contribution in [1.82, 2.24) is 10.6 Å². The predicted molar refractivity (Wildman–Crippen MR) is 112 cm³/mol. The molecule has 1 aromatic carbocycles. The third kappa shape index (κ3) is 7.36. The Bertz CT molecular complexity index is 710. The van der Waals surface area contributed by atoms with E-state index in [-0.39, 0.29) is 18.1 Å². The van der Waals surface area contributed by atoms with E-state index < -0.39 is 30.1 Å². The van der Waals surface area contributed by atoms with E-state index in [0.29, 0.717) is 5.75 Å². The number of carbonyl (C=O) groups excluding carboxylic acids is 3. The van der Waals surface area contributed by atoms with Crippen LogP contribution >= 0.6 is 11.8 Å². The molecule has 0 aromatic heterocycles. The van der Waals surface area contributed by atoms with Crippen molar-refractivity contribution < 1.29 is 23.9 Å². The molecular weight excluding hydrogens is 392 g/mol. The molecule has 160 valence electrons. The summed E-state index contributed by atoms with van der Waals surface area (Å²) in [5.74, 6) is -0.150. The molecular formula is C21H30N2O5S. The van der Waals surface area contributed by atoms with Gasteiger partial charge in [-0.05, 0) is 32.8 Å². The van der Waals surface area contributed by atoms with E-state index >= 15 is 0 Å². The number of rotatable bonds is 11. The molecule has 2 rings (SSSR count). The molecule has 3 atom stereocenters. The van der Waals surface area contributed by atoms with Crippen molar-refractivity contribution in [2.24, 2.45) is 0 Å². The topological polar surface area (TPSA) is 97.0 Å². The zero-order valence-electron chi connectivity index (χ0n) is 17.4. The molecule has 7 nitrogen and oxygen atoms in total. The molecule has 0 unspecified atom stereocenters. The Kier molecular flexibility index (Phi) is 8.52. The number of hydrogen-bond donors (Lipinski definition) is 2. The fraction of sp³-hybridized carbons (Fsp3) is 0.571.